The third-order valence-corrected chi connectivity index (χ3v) is 3.74. The van der Waals surface area contributed by atoms with Gasteiger partial charge in [-0.2, -0.15) is 0 Å². The third-order valence-electron chi connectivity index (χ3n) is 3.74. The van der Waals surface area contributed by atoms with Gasteiger partial charge in [0.15, 0.2) is 0 Å². The number of nitro groups is 1. The lowest BCUT2D eigenvalue weighted by molar-refractivity contribution is -0.385. The van der Waals surface area contributed by atoms with Gasteiger partial charge in [0.05, 0.1) is 4.92 Å². The molecule has 0 bridgehead atoms. The summed E-state index contributed by atoms with van der Waals surface area (Å²) in [6.07, 6.45) is 0.986. The lowest BCUT2D eigenvalue weighted by Crippen LogP contribution is -2.27. The maximum Gasteiger partial charge on any atom is 0.274 e. The summed E-state index contributed by atoms with van der Waals surface area (Å²) in [6.45, 7) is 3.89. The molecule has 1 heterocycles. The maximum absolute atomic E-state index is 13.3. The van der Waals surface area contributed by atoms with Crippen LogP contribution in [0.5, 0.6) is 0 Å². The first-order valence-electron chi connectivity index (χ1n) is 6.38. The molecule has 2 rings (SSSR count). The predicted octanol–water partition coefficient (Wildman–Crippen LogP) is 2.32. The van der Waals surface area contributed by atoms with Gasteiger partial charge in [0.1, 0.15) is 5.82 Å². The summed E-state index contributed by atoms with van der Waals surface area (Å²) in [5, 5.41) is 11.0. The summed E-state index contributed by atoms with van der Waals surface area (Å²) < 4.78 is 13.3. The molecule has 1 aliphatic rings. The smallest absolute Gasteiger partial charge is 0.274 e. The van der Waals surface area contributed by atoms with Gasteiger partial charge in [-0.15, -0.1) is 12.4 Å². The molecule has 1 fully saturated rings. The number of hydrogen-bond donors (Lipinski definition) is 1. The van der Waals surface area contributed by atoms with Crippen molar-refractivity contribution in [2.24, 2.45) is 11.7 Å². The molecular weight excluding hydrogens is 285 g/mol. The number of nitrogens with zero attached hydrogens (tertiary/aromatic N) is 2. The number of hydrogen-bond acceptors (Lipinski definition) is 4. The van der Waals surface area contributed by atoms with Gasteiger partial charge in [0, 0.05) is 30.8 Å². The molecule has 5 nitrogen and oxygen atoms in total. The highest BCUT2D eigenvalue weighted by Gasteiger charge is 2.29. The zero-order valence-corrected chi connectivity index (χ0v) is 12.1. The highest BCUT2D eigenvalue weighted by Crippen LogP contribution is 2.27. The molecule has 0 saturated carbocycles. The highest BCUT2D eigenvalue weighted by molar-refractivity contribution is 5.85. The topological polar surface area (TPSA) is 72.4 Å². The number of rotatable bonds is 4. The Morgan fingerprint density at radius 2 is 2.25 bits per heavy atom. The summed E-state index contributed by atoms with van der Waals surface area (Å²) in [7, 11) is 0. The molecule has 0 aromatic heterocycles. The predicted molar refractivity (Wildman–Crippen MR) is 77.3 cm³/mol. The maximum atomic E-state index is 13.3. The van der Waals surface area contributed by atoms with Crippen molar-refractivity contribution < 1.29 is 9.31 Å². The summed E-state index contributed by atoms with van der Waals surface area (Å²) in [4.78, 5) is 12.6. The van der Waals surface area contributed by atoms with Crippen LogP contribution in [0.2, 0.25) is 0 Å². The van der Waals surface area contributed by atoms with Gasteiger partial charge in [-0.3, -0.25) is 15.0 Å². The van der Waals surface area contributed by atoms with Crippen molar-refractivity contribution in [3.05, 3.63) is 39.7 Å². The van der Waals surface area contributed by atoms with E-state index in [-0.39, 0.29) is 18.1 Å². The van der Waals surface area contributed by atoms with Gasteiger partial charge < -0.3 is 5.73 Å². The Labute approximate surface area is 123 Å². The summed E-state index contributed by atoms with van der Waals surface area (Å²) in [5.41, 5.74) is 6.06. The molecule has 2 unspecified atom stereocenters. The Kier molecular flexibility index (Phi) is 5.86. The number of halogens is 2. The Bertz CT molecular complexity index is 487. The molecule has 112 valence electrons. The van der Waals surface area contributed by atoms with Crippen LogP contribution in [0.25, 0.3) is 0 Å². The summed E-state index contributed by atoms with van der Waals surface area (Å²) in [6, 6.07) is 3.92. The zero-order chi connectivity index (χ0) is 14.0. The number of likely N-dealkylation sites (tertiary alicyclic amines) is 1. The van der Waals surface area contributed by atoms with E-state index >= 15 is 0 Å². The third kappa shape index (κ3) is 3.65. The summed E-state index contributed by atoms with van der Waals surface area (Å²) >= 11 is 0. The second-order valence-corrected chi connectivity index (χ2v) is 5.15. The van der Waals surface area contributed by atoms with Crippen LogP contribution < -0.4 is 5.73 Å². The van der Waals surface area contributed by atoms with Gasteiger partial charge in [-0.1, -0.05) is 0 Å². The average Bonchev–Trinajstić information content (AvgIpc) is 2.70. The fourth-order valence-corrected chi connectivity index (χ4v) is 2.69. The Morgan fingerprint density at radius 1 is 1.55 bits per heavy atom. The highest BCUT2D eigenvalue weighted by atomic mass is 35.5. The van der Waals surface area contributed by atoms with E-state index in [9.17, 15) is 14.5 Å². The molecule has 0 spiro atoms. The van der Waals surface area contributed by atoms with Crippen LogP contribution in [0.4, 0.5) is 10.1 Å². The van der Waals surface area contributed by atoms with E-state index in [1.54, 1.807) is 0 Å². The molecule has 1 aliphatic heterocycles. The largest absolute Gasteiger partial charge is 0.330 e. The normalized spacial score (nSPS) is 22.6. The number of nitro benzene ring substituents is 1. The van der Waals surface area contributed by atoms with Gasteiger partial charge in [0.2, 0.25) is 0 Å². The van der Waals surface area contributed by atoms with Crippen molar-refractivity contribution >= 4 is 18.1 Å². The molecular formula is C13H19ClFN3O2. The minimum atomic E-state index is -0.462. The minimum Gasteiger partial charge on any atom is -0.330 e. The van der Waals surface area contributed by atoms with Crippen molar-refractivity contribution in [2.75, 3.05) is 13.1 Å². The van der Waals surface area contributed by atoms with Crippen LogP contribution in [0.1, 0.15) is 18.9 Å². The summed E-state index contributed by atoms with van der Waals surface area (Å²) in [5.74, 6) is -0.0227. The lowest BCUT2D eigenvalue weighted by atomic mass is 10.1. The quantitative estimate of drug-likeness (QED) is 0.684. The second kappa shape index (κ2) is 6.97. The van der Waals surface area contributed by atoms with Crippen LogP contribution in [0.3, 0.4) is 0 Å². The van der Waals surface area contributed by atoms with Crippen LogP contribution in [0.15, 0.2) is 18.2 Å². The molecule has 20 heavy (non-hydrogen) atoms. The number of benzene rings is 1. The average molecular weight is 304 g/mol. The Hall–Kier alpha value is -1.24. The fraction of sp³-hybridized carbons (Fsp3) is 0.538. The first kappa shape index (κ1) is 16.8. The van der Waals surface area contributed by atoms with E-state index in [1.807, 2.05) is 0 Å². The van der Waals surface area contributed by atoms with Gasteiger partial charge in [-0.05, 0) is 37.9 Å². The zero-order valence-electron chi connectivity index (χ0n) is 11.3. The standard InChI is InChI=1S/C13H18FN3O2.ClH/c1-9-4-10(6-15)7-16(9)8-11-5-12(14)2-3-13(11)17(18)19;/h2-3,5,9-10H,4,6-8,15H2,1H3;1H. The molecule has 1 aromatic carbocycles. The van der Waals surface area contributed by atoms with E-state index in [1.165, 1.54) is 12.1 Å². The molecule has 2 atom stereocenters. The van der Waals surface area contributed by atoms with Crippen molar-refractivity contribution in [3.63, 3.8) is 0 Å². The van der Waals surface area contributed by atoms with Crippen LogP contribution in [-0.2, 0) is 6.54 Å². The molecule has 0 amide bonds. The van der Waals surface area contributed by atoms with Gasteiger partial charge in [-0.25, -0.2) is 4.39 Å². The first-order valence-corrected chi connectivity index (χ1v) is 6.38. The van der Waals surface area contributed by atoms with E-state index in [0.29, 0.717) is 30.6 Å². The van der Waals surface area contributed by atoms with Gasteiger partial charge in [0.25, 0.3) is 5.69 Å². The number of nitrogens with two attached hydrogens (primary N) is 1. The van der Waals surface area contributed by atoms with Crippen molar-refractivity contribution in [1.29, 1.82) is 0 Å². The molecule has 0 radical (unpaired) electrons. The molecule has 7 heteroatoms. The SMILES string of the molecule is CC1CC(CN)CN1Cc1cc(F)ccc1[N+](=O)[O-].Cl. The molecule has 0 aliphatic carbocycles. The van der Waals surface area contributed by atoms with Gasteiger partial charge >= 0.3 is 0 Å². The van der Waals surface area contributed by atoms with Crippen LogP contribution >= 0.6 is 12.4 Å². The van der Waals surface area contributed by atoms with Crippen molar-refractivity contribution in [3.8, 4) is 0 Å². The van der Waals surface area contributed by atoms with E-state index in [2.05, 4.69) is 11.8 Å². The van der Waals surface area contributed by atoms with E-state index in [0.717, 1.165) is 19.0 Å². The molecule has 1 aromatic rings. The molecule has 1 saturated heterocycles. The van der Waals surface area contributed by atoms with E-state index in [4.69, 9.17) is 5.73 Å². The van der Waals surface area contributed by atoms with Crippen molar-refractivity contribution in [1.82, 2.24) is 4.90 Å². The fourth-order valence-electron chi connectivity index (χ4n) is 2.69. The monoisotopic (exact) mass is 303 g/mol. The molecule has 2 N–H and O–H groups in total. The Morgan fingerprint density at radius 3 is 2.80 bits per heavy atom. The van der Waals surface area contributed by atoms with Crippen LogP contribution in [0, 0.1) is 21.8 Å². The first-order chi connectivity index (χ1) is 9.01. The van der Waals surface area contributed by atoms with E-state index < -0.39 is 10.7 Å². The minimum absolute atomic E-state index is 0. The lowest BCUT2D eigenvalue weighted by Gasteiger charge is -2.20. The van der Waals surface area contributed by atoms with Crippen LogP contribution in [-0.4, -0.2) is 29.0 Å². The van der Waals surface area contributed by atoms with Crippen molar-refractivity contribution in [2.45, 2.75) is 25.9 Å². The second-order valence-electron chi connectivity index (χ2n) is 5.15. The Balaban J connectivity index is 0.00000200.